The normalized spacial score (nSPS) is 10.0. The Kier molecular flexibility index (Phi) is 5.41. The van der Waals surface area contributed by atoms with Gasteiger partial charge >= 0.3 is 0 Å². The van der Waals surface area contributed by atoms with E-state index in [9.17, 15) is 8.99 Å². The van der Waals surface area contributed by atoms with Gasteiger partial charge in [-0.25, -0.2) is 4.98 Å². The van der Waals surface area contributed by atoms with Gasteiger partial charge in [0.2, 0.25) is 0 Å². The van der Waals surface area contributed by atoms with Gasteiger partial charge in [0.05, 0.1) is 22.7 Å². The molecular weight excluding hydrogens is 307 g/mol. The molecule has 110 valence electrons. The summed E-state index contributed by atoms with van der Waals surface area (Å²) >= 11 is 1.58. The van der Waals surface area contributed by atoms with Crippen LogP contribution in [0.1, 0.15) is 5.69 Å². The van der Waals surface area contributed by atoms with Crippen LogP contribution >= 0.6 is 23.5 Å². The number of hydrogen-bond donors (Lipinski definition) is 2. The van der Waals surface area contributed by atoms with Gasteiger partial charge in [0.25, 0.3) is 0 Å². The van der Waals surface area contributed by atoms with Crippen LogP contribution in [0.5, 0.6) is 5.75 Å². The molecule has 0 atom stereocenters. The monoisotopic (exact) mass is 322 g/mol. The van der Waals surface area contributed by atoms with Crippen molar-refractivity contribution >= 4 is 29.2 Å². The molecule has 0 fully saturated rings. The number of hydrogen-bond acceptors (Lipinski definition) is 5. The highest BCUT2D eigenvalue weighted by Crippen LogP contribution is 2.32. The van der Waals surface area contributed by atoms with Gasteiger partial charge in [-0.15, -0.1) is 11.3 Å². The zero-order valence-corrected chi connectivity index (χ0v) is 13.3. The van der Waals surface area contributed by atoms with E-state index >= 15 is 0 Å². The number of halogens is 1. The van der Waals surface area contributed by atoms with E-state index in [0.717, 1.165) is 22.0 Å². The highest BCUT2D eigenvalue weighted by molar-refractivity contribution is 7.94. The quantitative estimate of drug-likeness (QED) is 0.837. The van der Waals surface area contributed by atoms with Crippen molar-refractivity contribution < 1.29 is 8.99 Å². The highest BCUT2D eigenvalue weighted by atomic mass is 32.2. The highest BCUT2D eigenvalue weighted by Gasteiger charge is 2.06. The lowest BCUT2D eigenvalue weighted by Crippen LogP contribution is -1.91. The van der Waals surface area contributed by atoms with E-state index in [0.29, 0.717) is 4.90 Å². The Hall–Kier alpha value is -1.79. The number of aromatic hydroxyl groups is 1. The van der Waals surface area contributed by atoms with Crippen LogP contribution in [0, 0.1) is 6.92 Å². The summed E-state index contributed by atoms with van der Waals surface area (Å²) in [5, 5.41) is 15.0. The maximum absolute atomic E-state index is 13.0. The smallest absolute Gasteiger partial charge is 0.123 e. The van der Waals surface area contributed by atoms with E-state index in [4.69, 9.17) is 0 Å². The topological polar surface area (TPSA) is 45.2 Å². The predicted molar refractivity (Wildman–Crippen MR) is 88.1 cm³/mol. The Morgan fingerprint density at radius 1 is 1.24 bits per heavy atom. The van der Waals surface area contributed by atoms with Gasteiger partial charge in [0.1, 0.15) is 10.8 Å². The lowest BCUT2D eigenvalue weighted by Gasteiger charge is -2.06. The summed E-state index contributed by atoms with van der Waals surface area (Å²) < 4.78 is 13.0. The summed E-state index contributed by atoms with van der Waals surface area (Å²) in [4.78, 5) is 5.03. The summed E-state index contributed by atoms with van der Waals surface area (Å²) in [5.74, 6) is 0.170. The lowest BCUT2D eigenvalue weighted by atomic mass is 10.2. The molecular formula is C15H15FN2OS2. The first kappa shape index (κ1) is 15.6. The Morgan fingerprint density at radius 3 is 2.76 bits per heavy atom. The molecule has 0 unspecified atom stereocenters. The zero-order valence-electron chi connectivity index (χ0n) is 11.6. The SMILES string of the molecule is CNc1ccc(-c2nc(C)ccc(O)ccs2)cc1SF. The Labute approximate surface area is 131 Å². The molecule has 0 aliphatic heterocycles. The Balaban J connectivity index is 2.59. The summed E-state index contributed by atoms with van der Waals surface area (Å²) in [6, 6.07) is 10.4. The summed E-state index contributed by atoms with van der Waals surface area (Å²) in [7, 11) is 1.76. The van der Waals surface area contributed by atoms with Crippen molar-refractivity contribution in [2.45, 2.75) is 11.8 Å². The van der Waals surface area contributed by atoms with Crippen LogP contribution in [-0.4, -0.2) is 17.1 Å². The number of nitrogens with one attached hydrogen (secondary N) is 1. The zero-order chi connectivity index (χ0) is 15.2. The third-order valence-corrected chi connectivity index (χ3v) is 4.10. The van der Waals surface area contributed by atoms with Gasteiger partial charge in [-0.05, 0) is 48.7 Å². The number of rotatable bonds is 3. The molecule has 0 bridgehead atoms. The lowest BCUT2D eigenvalue weighted by molar-refractivity contribution is 0.476. The van der Waals surface area contributed by atoms with Crippen LogP contribution in [-0.2, 0) is 0 Å². The van der Waals surface area contributed by atoms with Crippen molar-refractivity contribution in [1.82, 2.24) is 4.98 Å². The van der Waals surface area contributed by atoms with E-state index in [1.807, 2.05) is 19.1 Å². The van der Waals surface area contributed by atoms with Crippen molar-refractivity contribution in [3.8, 4) is 16.3 Å². The number of nitrogens with zero attached hydrogens (tertiary/aromatic N) is 1. The van der Waals surface area contributed by atoms with Crippen molar-refractivity contribution in [1.29, 1.82) is 0 Å². The van der Waals surface area contributed by atoms with Crippen LogP contribution in [0.2, 0.25) is 0 Å². The molecule has 3 nitrogen and oxygen atoms in total. The third kappa shape index (κ3) is 4.09. The maximum Gasteiger partial charge on any atom is 0.123 e. The minimum Gasteiger partial charge on any atom is -0.508 e. The number of benzene rings is 1. The van der Waals surface area contributed by atoms with Crippen molar-refractivity contribution in [3.05, 3.63) is 47.5 Å². The van der Waals surface area contributed by atoms with Crippen molar-refractivity contribution in [3.63, 3.8) is 0 Å². The largest absolute Gasteiger partial charge is 0.508 e. The minimum atomic E-state index is 0.170. The Bertz CT molecular complexity index is 687. The average Bonchev–Trinajstić information content (AvgIpc) is 2.58. The predicted octanol–water partition coefficient (Wildman–Crippen LogP) is 4.97. The molecule has 2 aromatic rings. The maximum atomic E-state index is 13.0. The van der Waals surface area contributed by atoms with Crippen LogP contribution in [0.4, 0.5) is 9.57 Å². The number of anilines is 1. The molecule has 1 heterocycles. The molecule has 1 aromatic heterocycles. The van der Waals surface area contributed by atoms with Gasteiger partial charge in [-0.3, -0.25) is 0 Å². The molecule has 2 rings (SSSR count). The molecule has 0 aliphatic carbocycles. The van der Waals surface area contributed by atoms with E-state index in [-0.39, 0.29) is 17.9 Å². The average molecular weight is 322 g/mol. The van der Waals surface area contributed by atoms with Gasteiger partial charge in [-0.1, -0.05) is 0 Å². The van der Waals surface area contributed by atoms with Gasteiger partial charge in [0, 0.05) is 18.3 Å². The molecule has 2 N–H and O–H groups in total. The molecule has 0 radical (unpaired) electrons. The van der Waals surface area contributed by atoms with Gasteiger partial charge in [0.15, 0.2) is 0 Å². The molecule has 0 aliphatic rings. The summed E-state index contributed by atoms with van der Waals surface area (Å²) in [6.45, 7) is 1.85. The standard InChI is InChI=1S/C15H15FN2OS2/c1-10-3-5-12(19)7-8-20-15(18-10)11-4-6-13(17-2)14(9-11)21-16/h3-9,17,19H,1-2H3. The van der Waals surface area contributed by atoms with E-state index in [2.05, 4.69) is 10.3 Å². The Morgan fingerprint density at radius 2 is 2.05 bits per heavy atom. The van der Waals surface area contributed by atoms with Crippen LogP contribution in [0.15, 0.2) is 46.7 Å². The first-order chi connectivity index (χ1) is 10.1. The van der Waals surface area contributed by atoms with E-state index in [1.165, 1.54) is 11.3 Å². The van der Waals surface area contributed by atoms with Crippen LogP contribution in [0.3, 0.4) is 0 Å². The minimum absolute atomic E-state index is 0.170. The molecule has 0 saturated carbocycles. The summed E-state index contributed by atoms with van der Waals surface area (Å²) in [5.41, 5.74) is 2.33. The van der Waals surface area contributed by atoms with Gasteiger partial charge < -0.3 is 10.4 Å². The first-order valence-corrected chi connectivity index (χ1v) is 7.84. The fraction of sp³-hybridized carbons (Fsp3) is 0.133. The second-order valence-electron chi connectivity index (χ2n) is 4.28. The fourth-order valence-electron chi connectivity index (χ4n) is 1.71. The second kappa shape index (κ2) is 7.28. The first-order valence-electron chi connectivity index (χ1n) is 6.24. The molecule has 0 spiro atoms. The van der Waals surface area contributed by atoms with Crippen LogP contribution in [0.25, 0.3) is 10.6 Å². The molecule has 21 heavy (non-hydrogen) atoms. The van der Waals surface area contributed by atoms with Crippen LogP contribution < -0.4 is 5.32 Å². The second-order valence-corrected chi connectivity index (χ2v) is 5.76. The molecule has 1 aromatic carbocycles. The third-order valence-electron chi connectivity index (χ3n) is 2.77. The molecule has 0 saturated heterocycles. The number of aryl methyl sites for hydroxylation is 1. The van der Waals surface area contributed by atoms with Gasteiger partial charge in [-0.2, -0.15) is 3.89 Å². The molecule has 6 heteroatoms. The van der Waals surface area contributed by atoms with E-state index in [1.54, 1.807) is 36.7 Å². The molecule has 0 amide bonds. The van der Waals surface area contributed by atoms with E-state index < -0.39 is 0 Å². The van der Waals surface area contributed by atoms with Crippen molar-refractivity contribution in [2.24, 2.45) is 0 Å². The summed E-state index contributed by atoms with van der Waals surface area (Å²) in [6.07, 6.45) is 0. The van der Waals surface area contributed by atoms with Crippen molar-refractivity contribution in [2.75, 3.05) is 12.4 Å². The fourth-order valence-corrected chi connectivity index (χ4v) is 2.93. The number of aromatic nitrogens is 1.